The van der Waals surface area contributed by atoms with Crippen LogP contribution in [0.1, 0.15) is 56.1 Å². The van der Waals surface area contributed by atoms with E-state index >= 15 is 0 Å². The van der Waals surface area contributed by atoms with Gasteiger partial charge in [-0.05, 0) is 24.6 Å². The quantitative estimate of drug-likeness (QED) is 0.800. The zero-order valence-electron chi connectivity index (χ0n) is 13.7. The fraction of sp³-hybridized carbons (Fsp3) is 0.529. The number of rotatable bonds is 4. The van der Waals surface area contributed by atoms with E-state index in [0.29, 0.717) is 12.5 Å². The van der Waals surface area contributed by atoms with Gasteiger partial charge in [-0.2, -0.15) is 4.98 Å². The highest BCUT2D eigenvalue weighted by molar-refractivity contribution is 9.10. The first kappa shape index (κ1) is 16.6. The monoisotopic (exact) mass is 379 g/mol. The molecular formula is C17H22BrN3O2. The standard InChI is InChI=1S/C17H22BrN3O2/c1-11(2)16-19-17(23-20-16)12(3)21-7-8-22-15(10-21)13-5-4-6-14(18)9-13/h4-6,9,11-12,15H,7-8,10H2,1-3H3. The topological polar surface area (TPSA) is 51.4 Å². The molecule has 1 aliphatic heterocycles. The second-order valence-electron chi connectivity index (χ2n) is 6.23. The van der Waals surface area contributed by atoms with E-state index in [-0.39, 0.29) is 18.1 Å². The molecule has 0 spiro atoms. The molecule has 1 saturated heterocycles. The summed E-state index contributed by atoms with van der Waals surface area (Å²) in [6.07, 6.45) is 0.0659. The summed E-state index contributed by atoms with van der Waals surface area (Å²) in [7, 11) is 0. The third-order valence-electron chi connectivity index (χ3n) is 4.20. The van der Waals surface area contributed by atoms with Crippen molar-refractivity contribution in [1.82, 2.24) is 15.0 Å². The minimum absolute atomic E-state index is 0.0659. The molecule has 0 amide bonds. The van der Waals surface area contributed by atoms with Crippen molar-refractivity contribution in [1.29, 1.82) is 0 Å². The molecule has 2 aromatic rings. The van der Waals surface area contributed by atoms with Crippen molar-refractivity contribution in [2.75, 3.05) is 19.7 Å². The summed E-state index contributed by atoms with van der Waals surface area (Å²) in [6, 6.07) is 8.38. The SMILES string of the molecule is CC(C)c1noc(C(C)N2CCOC(c3cccc(Br)c3)C2)n1. The number of hydrogen-bond donors (Lipinski definition) is 0. The Morgan fingerprint density at radius 3 is 2.83 bits per heavy atom. The van der Waals surface area contributed by atoms with Crippen LogP contribution in [0.3, 0.4) is 0 Å². The van der Waals surface area contributed by atoms with Crippen LogP contribution in [-0.2, 0) is 4.74 Å². The van der Waals surface area contributed by atoms with E-state index in [4.69, 9.17) is 9.26 Å². The van der Waals surface area contributed by atoms with Gasteiger partial charge in [-0.1, -0.05) is 47.1 Å². The van der Waals surface area contributed by atoms with Crippen LogP contribution in [0, 0.1) is 0 Å². The predicted molar refractivity (Wildman–Crippen MR) is 91.2 cm³/mol. The molecule has 2 heterocycles. The predicted octanol–water partition coefficient (Wildman–Crippen LogP) is 4.09. The van der Waals surface area contributed by atoms with Crippen LogP contribution in [-0.4, -0.2) is 34.7 Å². The Morgan fingerprint density at radius 2 is 2.13 bits per heavy atom. The fourth-order valence-electron chi connectivity index (χ4n) is 2.74. The number of benzene rings is 1. The van der Waals surface area contributed by atoms with Crippen molar-refractivity contribution in [2.24, 2.45) is 0 Å². The molecule has 6 heteroatoms. The maximum atomic E-state index is 5.95. The smallest absolute Gasteiger partial charge is 0.243 e. The molecule has 23 heavy (non-hydrogen) atoms. The van der Waals surface area contributed by atoms with Crippen LogP contribution in [0.15, 0.2) is 33.3 Å². The number of hydrogen-bond acceptors (Lipinski definition) is 5. The minimum atomic E-state index is 0.0659. The first-order valence-corrected chi connectivity index (χ1v) is 8.78. The van der Waals surface area contributed by atoms with Gasteiger partial charge >= 0.3 is 0 Å². The summed E-state index contributed by atoms with van der Waals surface area (Å²) >= 11 is 3.52. The maximum absolute atomic E-state index is 5.95. The van der Waals surface area contributed by atoms with Crippen LogP contribution in [0.5, 0.6) is 0 Å². The second-order valence-corrected chi connectivity index (χ2v) is 7.15. The van der Waals surface area contributed by atoms with Gasteiger partial charge in [0.25, 0.3) is 0 Å². The third kappa shape index (κ3) is 3.82. The minimum Gasteiger partial charge on any atom is -0.371 e. The van der Waals surface area contributed by atoms with Crippen LogP contribution >= 0.6 is 15.9 Å². The Hall–Kier alpha value is -1.24. The van der Waals surface area contributed by atoms with Crippen molar-refractivity contribution in [2.45, 2.75) is 38.8 Å². The van der Waals surface area contributed by atoms with Crippen molar-refractivity contribution in [3.8, 4) is 0 Å². The van der Waals surface area contributed by atoms with Gasteiger partial charge in [-0.3, -0.25) is 4.90 Å². The number of morpholine rings is 1. The molecule has 3 rings (SSSR count). The second kappa shape index (κ2) is 7.11. The highest BCUT2D eigenvalue weighted by Gasteiger charge is 2.29. The lowest BCUT2D eigenvalue weighted by Gasteiger charge is -2.35. The van der Waals surface area contributed by atoms with Gasteiger partial charge in [0.1, 0.15) is 0 Å². The highest BCUT2D eigenvalue weighted by Crippen LogP contribution is 2.29. The number of halogens is 1. The van der Waals surface area contributed by atoms with Gasteiger partial charge in [0.2, 0.25) is 5.89 Å². The highest BCUT2D eigenvalue weighted by atomic mass is 79.9. The van der Waals surface area contributed by atoms with Crippen molar-refractivity contribution >= 4 is 15.9 Å². The largest absolute Gasteiger partial charge is 0.371 e. The summed E-state index contributed by atoms with van der Waals surface area (Å²) in [5.74, 6) is 1.73. The Kier molecular flexibility index (Phi) is 5.14. The van der Waals surface area contributed by atoms with E-state index in [1.807, 2.05) is 12.1 Å². The molecule has 2 unspecified atom stereocenters. The van der Waals surface area contributed by atoms with Gasteiger partial charge < -0.3 is 9.26 Å². The van der Waals surface area contributed by atoms with Gasteiger partial charge in [-0.25, -0.2) is 0 Å². The molecule has 5 nitrogen and oxygen atoms in total. The summed E-state index contributed by atoms with van der Waals surface area (Å²) in [4.78, 5) is 6.87. The van der Waals surface area contributed by atoms with Crippen LogP contribution in [0.25, 0.3) is 0 Å². The Balaban J connectivity index is 1.72. The maximum Gasteiger partial charge on any atom is 0.243 e. The summed E-state index contributed by atoms with van der Waals surface area (Å²) < 4.78 is 12.5. The van der Waals surface area contributed by atoms with Crippen molar-refractivity contribution in [3.63, 3.8) is 0 Å². The third-order valence-corrected chi connectivity index (χ3v) is 4.69. The molecule has 0 bridgehead atoms. The van der Waals surface area contributed by atoms with Crippen LogP contribution in [0.2, 0.25) is 0 Å². The molecule has 1 fully saturated rings. The molecule has 0 radical (unpaired) electrons. The fourth-order valence-corrected chi connectivity index (χ4v) is 3.15. The van der Waals surface area contributed by atoms with Gasteiger partial charge in [0, 0.05) is 23.5 Å². The van der Waals surface area contributed by atoms with Gasteiger partial charge in [0.05, 0.1) is 18.8 Å². The van der Waals surface area contributed by atoms with Crippen molar-refractivity contribution in [3.05, 3.63) is 46.0 Å². The first-order valence-electron chi connectivity index (χ1n) is 7.99. The van der Waals surface area contributed by atoms with E-state index in [1.54, 1.807) is 0 Å². The molecule has 1 aromatic heterocycles. The normalized spacial score (nSPS) is 20.8. The molecule has 0 aliphatic carbocycles. The molecule has 124 valence electrons. The lowest BCUT2D eigenvalue weighted by atomic mass is 10.1. The molecule has 1 aromatic carbocycles. The molecule has 1 aliphatic rings. The van der Waals surface area contributed by atoms with E-state index in [1.165, 1.54) is 5.56 Å². The Morgan fingerprint density at radius 1 is 1.30 bits per heavy atom. The number of aromatic nitrogens is 2. The van der Waals surface area contributed by atoms with Crippen molar-refractivity contribution < 1.29 is 9.26 Å². The van der Waals surface area contributed by atoms with Gasteiger partial charge in [0.15, 0.2) is 5.82 Å². The van der Waals surface area contributed by atoms with E-state index in [9.17, 15) is 0 Å². The Labute approximate surface area is 145 Å². The zero-order valence-corrected chi connectivity index (χ0v) is 15.3. The lowest BCUT2D eigenvalue weighted by Crippen LogP contribution is -2.40. The van der Waals surface area contributed by atoms with Gasteiger partial charge in [-0.15, -0.1) is 0 Å². The Bertz CT molecular complexity index is 659. The molecule has 0 saturated carbocycles. The average molecular weight is 380 g/mol. The lowest BCUT2D eigenvalue weighted by molar-refractivity contribution is -0.0469. The number of nitrogens with zero attached hydrogens (tertiary/aromatic N) is 3. The van der Waals surface area contributed by atoms with E-state index in [2.05, 4.69) is 63.9 Å². The van der Waals surface area contributed by atoms with E-state index < -0.39 is 0 Å². The average Bonchev–Trinajstić information content (AvgIpc) is 3.04. The molecule has 2 atom stereocenters. The summed E-state index contributed by atoms with van der Waals surface area (Å²) in [5, 5.41) is 4.07. The molecular weight excluding hydrogens is 358 g/mol. The zero-order chi connectivity index (χ0) is 16.4. The molecule has 0 N–H and O–H groups in total. The van der Waals surface area contributed by atoms with E-state index in [0.717, 1.165) is 23.4 Å². The summed E-state index contributed by atoms with van der Waals surface area (Å²) in [6.45, 7) is 8.63. The summed E-state index contributed by atoms with van der Waals surface area (Å²) in [5.41, 5.74) is 1.18. The van der Waals surface area contributed by atoms with Crippen LogP contribution < -0.4 is 0 Å². The number of ether oxygens (including phenoxy) is 1. The first-order chi connectivity index (χ1) is 11.0. The van der Waals surface area contributed by atoms with Crippen LogP contribution in [0.4, 0.5) is 0 Å².